The molecule has 24 heavy (non-hydrogen) atoms. The number of para-hydroxylation sites is 1. The van der Waals surface area contributed by atoms with Crippen LogP contribution in [-0.4, -0.2) is 57.1 Å². The number of aromatic amines is 1. The van der Waals surface area contributed by atoms with E-state index in [0.29, 0.717) is 5.56 Å². The molecule has 1 saturated heterocycles. The molecule has 0 bridgehead atoms. The molecule has 1 N–H and O–H groups in total. The summed E-state index contributed by atoms with van der Waals surface area (Å²) in [6.07, 6.45) is 1.62. The molecule has 1 aromatic carbocycles. The maximum Gasteiger partial charge on any atom is 0.257 e. The summed E-state index contributed by atoms with van der Waals surface area (Å²) in [6.45, 7) is 5.97. The standard InChI is InChI=1S/C17H19N5OS/c1-12-13(10-18-20-12)17(23)22-8-6-21(7-9-22)11-16-19-14-4-2-3-5-15(14)24-16/h2-5,10H,6-9,11H2,1H3,(H,18,20). The zero-order chi connectivity index (χ0) is 16.5. The van der Waals surface area contributed by atoms with Crippen molar-refractivity contribution in [3.05, 3.63) is 46.7 Å². The highest BCUT2D eigenvalue weighted by molar-refractivity contribution is 7.18. The van der Waals surface area contributed by atoms with Gasteiger partial charge in [-0.25, -0.2) is 4.98 Å². The summed E-state index contributed by atoms with van der Waals surface area (Å²) in [6, 6.07) is 8.24. The number of nitrogens with zero attached hydrogens (tertiary/aromatic N) is 4. The zero-order valence-corrected chi connectivity index (χ0v) is 14.3. The van der Waals surface area contributed by atoms with Crippen molar-refractivity contribution in [2.75, 3.05) is 26.2 Å². The first kappa shape index (κ1) is 15.3. The number of thiazole rings is 1. The van der Waals surface area contributed by atoms with E-state index in [-0.39, 0.29) is 5.91 Å². The molecular weight excluding hydrogens is 322 g/mol. The Balaban J connectivity index is 1.37. The molecule has 0 aliphatic carbocycles. The van der Waals surface area contributed by atoms with Crippen molar-refractivity contribution >= 4 is 27.5 Å². The SMILES string of the molecule is Cc1[nH]ncc1C(=O)N1CCN(Cc2nc3ccccc3s2)CC1. The fourth-order valence-corrected chi connectivity index (χ4v) is 4.03. The molecule has 1 aliphatic rings. The molecule has 0 unspecified atom stereocenters. The Morgan fingerprint density at radius 1 is 1.25 bits per heavy atom. The number of amides is 1. The van der Waals surface area contributed by atoms with Crippen molar-refractivity contribution in [3.8, 4) is 0 Å². The van der Waals surface area contributed by atoms with Gasteiger partial charge in [0, 0.05) is 31.9 Å². The van der Waals surface area contributed by atoms with Gasteiger partial charge in [0.05, 0.1) is 28.5 Å². The predicted molar refractivity (Wildman–Crippen MR) is 94.1 cm³/mol. The van der Waals surface area contributed by atoms with Gasteiger partial charge in [-0.2, -0.15) is 5.10 Å². The fourth-order valence-electron chi connectivity index (χ4n) is 3.02. The molecule has 7 heteroatoms. The Hall–Kier alpha value is -2.25. The molecule has 3 aromatic rings. The van der Waals surface area contributed by atoms with Crippen LogP contribution in [0.5, 0.6) is 0 Å². The van der Waals surface area contributed by atoms with Crippen molar-refractivity contribution < 1.29 is 4.79 Å². The molecule has 0 saturated carbocycles. The number of carbonyl (C=O) groups excluding carboxylic acids is 1. The molecule has 2 aromatic heterocycles. The quantitative estimate of drug-likeness (QED) is 0.794. The van der Waals surface area contributed by atoms with E-state index in [1.165, 1.54) is 4.70 Å². The average Bonchev–Trinajstić information content (AvgIpc) is 3.20. The van der Waals surface area contributed by atoms with Crippen molar-refractivity contribution in [1.29, 1.82) is 0 Å². The third-order valence-electron chi connectivity index (χ3n) is 4.42. The summed E-state index contributed by atoms with van der Waals surface area (Å²) in [7, 11) is 0. The van der Waals surface area contributed by atoms with Crippen LogP contribution >= 0.6 is 11.3 Å². The minimum atomic E-state index is 0.0703. The fraction of sp³-hybridized carbons (Fsp3) is 0.353. The van der Waals surface area contributed by atoms with E-state index in [0.717, 1.165) is 48.9 Å². The van der Waals surface area contributed by atoms with Gasteiger partial charge in [0.2, 0.25) is 0 Å². The Morgan fingerprint density at radius 2 is 2.04 bits per heavy atom. The smallest absolute Gasteiger partial charge is 0.257 e. The van der Waals surface area contributed by atoms with Crippen molar-refractivity contribution in [2.45, 2.75) is 13.5 Å². The van der Waals surface area contributed by atoms with Gasteiger partial charge in [-0.15, -0.1) is 11.3 Å². The van der Waals surface area contributed by atoms with Gasteiger partial charge >= 0.3 is 0 Å². The van der Waals surface area contributed by atoms with Gasteiger partial charge in [-0.1, -0.05) is 12.1 Å². The highest BCUT2D eigenvalue weighted by Crippen LogP contribution is 2.23. The number of benzene rings is 1. The van der Waals surface area contributed by atoms with Crippen LogP contribution in [0.25, 0.3) is 10.2 Å². The van der Waals surface area contributed by atoms with Crippen LogP contribution in [0.4, 0.5) is 0 Å². The lowest BCUT2D eigenvalue weighted by Crippen LogP contribution is -2.48. The van der Waals surface area contributed by atoms with E-state index in [9.17, 15) is 4.79 Å². The number of carbonyl (C=O) groups is 1. The summed E-state index contributed by atoms with van der Waals surface area (Å²) >= 11 is 1.75. The Labute approximate surface area is 144 Å². The Bertz CT molecular complexity index is 830. The second-order valence-corrected chi connectivity index (χ2v) is 7.17. The summed E-state index contributed by atoms with van der Waals surface area (Å²) in [5.74, 6) is 0.0703. The molecule has 0 radical (unpaired) electrons. The van der Waals surface area contributed by atoms with Crippen molar-refractivity contribution in [2.24, 2.45) is 0 Å². The summed E-state index contributed by atoms with van der Waals surface area (Å²) in [5, 5.41) is 7.91. The number of hydrogen-bond donors (Lipinski definition) is 1. The van der Waals surface area contributed by atoms with E-state index >= 15 is 0 Å². The Kier molecular flexibility index (Phi) is 4.03. The van der Waals surface area contributed by atoms with E-state index in [1.807, 2.05) is 24.0 Å². The van der Waals surface area contributed by atoms with Crippen molar-refractivity contribution in [3.63, 3.8) is 0 Å². The average molecular weight is 341 g/mol. The maximum absolute atomic E-state index is 12.5. The van der Waals surface area contributed by atoms with E-state index in [4.69, 9.17) is 4.98 Å². The lowest BCUT2D eigenvalue weighted by atomic mass is 10.2. The molecule has 1 fully saturated rings. The first-order valence-corrected chi connectivity index (χ1v) is 8.88. The first-order valence-electron chi connectivity index (χ1n) is 8.07. The number of aromatic nitrogens is 3. The molecule has 0 spiro atoms. The van der Waals surface area contributed by atoms with E-state index < -0.39 is 0 Å². The molecule has 0 atom stereocenters. The van der Waals surface area contributed by atoms with Crippen LogP contribution in [0.1, 0.15) is 21.1 Å². The van der Waals surface area contributed by atoms with Gasteiger partial charge in [-0.05, 0) is 19.1 Å². The third kappa shape index (κ3) is 2.92. The third-order valence-corrected chi connectivity index (χ3v) is 5.44. The van der Waals surface area contributed by atoms with Crippen LogP contribution < -0.4 is 0 Å². The number of rotatable bonds is 3. The second kappa shape index (κ2) is 6.33. The minimum Gasteiger partial charge on any atom is -0.336 e. The molecule has 1 aliphatic heterocycles. The number of fused-ring (bicyclic) bond motifs is 1. The largest absolute Gasteiger partial charge is 0.336 e. The first-order chi connectivity index (χ1) is 11.7. The van der Waals surface area contributed by atoms with Gasteiger partial charge in [0.25, 0.3) is 5.91 Å². The minimum absolute atomic E-state index is 0.0703. The van der Waals surface area contributed by atoms with Gasteiger partial charge in [-0.3, -0.25) is 14.8 Å². The molecule has 4 rings (SSSR count). The Morgan fingerprint density at radius 3 is 2.75 bits per heavy atom. The topological polar surface area (TPSA) is 65.1 Å². The zero-order valence-electron chi connectivity index (χ0n) is 13.5. The number of nitrogens with one attached hydrogen (secondary N) is 1. The van der Waals surface area contributed by atoms with Crippen molar-refractivity contribution in [1.82, 2.24) is 25.0 Å². The summed E-state index contributed by atoms with van der Waals surface area (Å²) < 4.78 is 1.23. The number of H-pyrrole nitrogens is 1. The summed E-state index contributed by atoms with van der Waals surface area (Å²) in [4.78, 5) is 21.5. The molecule has 1 amide bonds. The lowest BCUT2D eigenvalue weighted by Gasteiger charge is -2.34. The summed E-state index contributed by atoms with van der Waals surface area (Å²) in [5.41, 5.74) is 2.58. The van der Waals surface area contributed by atoms with Gasteiger partial charge in [0.15, 0.2) is 0 Å². The van der Waals surface area contributed by atoms with Crippen LogP contribution in [0.2, 0.25) is 0 Å². The highest BCUT2D eigenvalue weighted by Gasteiger charge is 2.24. The number of piperazine rings is 1. The van der Waals surface area contributed by atoms with Crippen LogP contribution in [0.3, 0.4) is 0 Å². The number of aryl methyl sites for hydroxylation is 1. The van der Waals surface area contributed by atoms with Crippen LogP contribution in [-0.2, 0) is 6.54 Å². The maximum atomic E-state index is 12.5. The monoisotopic (exact) mass is 341 g/mol. The second-order valence-electron chi connectivity index (χ2n) is 6.05. The predicted octanol–water partition coefficient (Wildman–Crippen LogP) is 2.29. The molecular formula is C17H19N5OS. The molecule has 3 heterocycles. The van der Waals surface area contributed by atoms with Gasteiger partial charge in [0.1, 0.15) is 5.01 Å². The highest BCUT2D eigenvalue weighted by atomic mass is 32.1. The van der Waals surface area contributed by atoms with Crippen LogP contribution in [0, 0.1) is 6.92 Å². The van der Waals surface area contributed by atoms with Crippen LogP contribution in [0.15, 0.2) is 30.5 Å². The van der Waals surface area contributed by atoms with Gasteiger partial charge < -0.3 is 4.90 Å². The molecule has 124 valence electrons. The van der Waals surface area contributed by atoms with E-state index in [2.05, 4.69) is 27.2 Å². The normalized spacial score (nSPS) is 16.0. The number of hydrogen-bond acceptors (Lipinski definition) is 5. The lowest BCUT2D eigenvalue weighted by molar-refractivity contribution is 0.0628. The molecule has 6 nitrogen and oxygen atoms in total. The van der Waals surface area contributed by atoms with E-state index in [1.54, 1.807) is 17.5 Å².